The zero-order valence-corrected chi connectivity index (χ0v) is 21.0. The number of methoxy groups -OCH3 is 1. The first-order valence-electron chi connectivity index (χ1n) is 11.2. The average molecular weight is 499 g/mol. The zero-order valence-electron chi connectivity index (χ0n) is 19.5. The molecule has 0 aliphatic heterocycles. The van der Waals surface area contributed by atoms with Crippen molar-refractivity contribution < 1.29 is 19.4 Å². The van der Waals surface area contributed by atoms with Crippen LogP contribution in [0.1, 0.15) is 47.8 Å². The van der Waals surface area contributed by atoms with Crippen molar-refractivity contribution in [3.8, 4) is 5.75 Å². The van der Waals surface area contributed by atoms with Gasteiger partial charge in [-0.1, -0.05) is 73.5 Å². The van der Waals surface area contributed by atoms with Gasteiger partial charge in [0.15, 0.2) is 0 Å². The fourth-order valence-electron chi connectivity index (χ4n) is 3.77. The van der Waals surface area contributed by atoms with Crippen LogP contribution in [0.25, 0.3) is 6.08 Å². The first-order valence-corrected chi connectivity index (χ1v) is 11.9. The maximum Gasteiger partial charge on any atom is 0.309 e. The van der Waals surface area contributed by atoms with Crippen molar-refractivity contribution in [2.24, 2.45) is 0 Å². The highest BCUT2D eigenvalue weighted by atomic mass is 35.5. The minimum absolute atomic E-state index is 0.252. The lowest BCUT2D eigenvalue weighted by molar-refractivity contribution is -0.139. The largest absolute Gasteiger partial charge is 0.489 e. The summed E-state index contributed by atoms with van der Waals surface area (Å²) in [5.74, 6) is 0.475. The van der Waals surface area contributed by atoms with Gasteiger partial charge in [0.05, 0.1) is 13.5 Å². The maximum absolute atomic E-state index is 11.4. The lowest BCUT2D eigenvalue weighted by atomic mass is 10.1. The minimum atomic E-state index is -0.667. The number of esters is 1. The summed E-state index contributed by atoms with van der Waals surface area (Å²) in [4.78, 5) is 11.4. The van der Waals surface area contributed by atoms with E-state index in [0.717, 1.165) is 39.1 Å². The molecule has 3 aromatic carbocycles. The number of rotatable bonds is 6. The van der Waals surface area contributed by atoms with Gasteiger partial charge in [0.1, 0.15) is 18.5 Å². The van der Waals surface area contributed by atoms with Crippen molar-refractivity contribution in [1.82, 2.24) is 0 Å². The molecule has 6 heteroatoms. The topological polar surface area (TPSA) is 55.8 Å². The Balaban J connectivity index is 0.00000158. The molecule has 0 aromatic heterocycles. The Morgan fingerprint density at radius 3 is 2.29 bits per heavy atom. The Hall–Kier alpha value is -2.79. The van der Waals surface area contributed by atoms with Gasteiger partial charge in [-0.3, -0.25) is 4.79 Å². The van der Waals surface area contributed by atoms with Crippen LogP contribution in [0.15, 0.2) is 66.2 Å². The van der Waals surface area contributed by atoms with Gasteiger partial charge in [-0.2, -0.15) is 0 Å². The van der Waals surface area contributed by atoms with Crippen LogP contribution in [-0.2, 0) is 29.0 Å². The van der Waals surface area contributed by atoms with E-state index in [1.807, 2.05) is 74.5 Å². The van der Waals surface area contributed by atoms with Gasteiger partial charge in [0, 0.05) is 10.0 Å². The molecule has 0 saturated heterocycles. The molecule has 4 nitrogen and oxygen atoms in total. The molecule has 0 bridgehead atoms. The van der Waals surface area contributed by atoms with Gasteiger partial charge >= 0.3 is 5.97 Å². The summed E-state index contributed by atoms with van der Waals surface area (Å²) in [7, 11) is 1.38. The fraction of sp³-hybridized carbons (Fsp3) is 0.250. The number of aliphatic hydroxyl groups is 1. The molecule has 0 saturated carbocycles. The van der Waals surface area contributed by atoms with Crippen molar-refractivity contribution >= 4 is 35.2 Å². The number of benzene rings is 3. The third-order valence-electron chi connectivity index (χ3n) is 5.40. The number of carbonyl (C=O) groups excluding carboxylic acids is 1. The van der Waals surface area contributed by atoms with Crippen LogP contribution in [0.3, 0.4) is 0 Å². The molecule has 1 N–H and O–H groups in total. The van der Waals surface area contributed by atoms with E-state index in [2.05, 4.69) is 4.74 Å². The molecule has 3 aromatic rings. The molecule has 0 fully saturated rings. The van der Waals surface area contributed by atoms with Gasteiger partial charge < -0.3 is 14.6 Å². The van der Waals surface area contributed by atoms with Gasteiger partial charge in [-0.15, -0.1) is 0 Å². The smallest absolute Gasteiger partial charge is 0.309 e. The van der Waals surface area contributed by atoms with Crippen molar-refractivity contribution in [3.05, 3.63) is 104 Å². The number of aliphatic hydroxyl groups excluding tert-OH is 1. The summed E-state index contributed by atoms with van der Waals surface area (Å²) in [6.07, 6.45) is 2.14. The van der Waals surface area contributed by atoms with E-state index in [-0.39, 0.29) is 12.4 Å². The molecule has 1 atom stereocenters. The quantitative estimate of drug-likeness (QED) is 0.372. The SMILES string of the molecule is CC.COC(=O)Cc1ccc(COc2ccc3c(c2)C/C(=C\c2cc(Cl)cc(Cl)c2)C3O)cc1. The van der Waals surface area contributed by atoms with Crippen LogP contribution in [-0.4, -0.2) is 18.2 Å². The van der Waals surface area contributed by atoms with Crippen molar-refractivity contribution in [1.29, 1.82) is 0 Å². The second kappa shape index (κ2) is 12.1. The number of ether oxygens (including phenoxy) is 2. The number of hydrogen-bond acceptors (Lipinski definition) is 4. The van der Waals surface area contributed by atoms with Crippen LogP contribution in [0.5, 0.6) is 5.75 Å². The number of fused-ring (bicyclic) bond motifs is 1. The highest BCUT2D eigenvalue weighted by Crippen LogP contribution is 2.39. The lowest BCUT2D eigenvalue weighted by Gasteiger charge is -2.10. The summed E-state index contributed by atoms with van der Waals surface area (Å²) in [6, 6.07) is 18.7. The van der Waals surface area contributed by atoms with Gasteiger partial charge in [0.2, 0.25) is 0 Å². The van der Waals surface area contributed by atoms with E-state index in [1.165, 1.54) is 7.11 Å². The Kier molecular flexibility index (Phi) is 9.17. The highest BCUT2D eigenvalue weighted by molar-refractivity contribution is 6.34. The number of halogens is 2. The zero-order chi connectivity index (χ0) is 24.7. The molecule has 4 rings (SSSR count). The molecule has 34 heavy (non-hydrogen) atoms. The minimum Gasteiger partial charge on any atom is -0.489 e. The Morgan fingerprint density at radius 2 is 1.65 bits per heavy atom. The van der Waals surface area contributed by atoms with E-state index >= 15 is 0 Å². The maximum atomic E-state index is 11.4. The second-order valence-corrected chi connectivity index (χ2v) is 8.59. The first-order chi connectivity index (χ1) is 16.4. The highest BCUT2D eigenvalue weighted by Gasteiger charge is 2.25. The molecule has 0 spiro atoms. The average Bonchev–Trinajstić information content (AvgIpc) is 3.13. The summed E-state index contributed by atoms with van der Waals surface area (Å²) >= 11 is 12.2. The van der Waals surface area contributed by atoms with E-state index in [9.17, 15) is 9.90 Å². The molecule has 1 aliphatic rings. The van der Waals surface area contributed by atoms with Gasteiger partial charge in [-0.05, 0) is 70.1 Å². The summed E-state index contributed by atoms with van der Waals surface area (Å²) in [5.41, 5.74) is 5.55. The first kappa shape index (κ1) is 25.8. The number of carbonyl (C=O) groups is 1. The number of hydrogen-bond donors (Lipinski definition) is 1. The molecular formula is C28H28Cl2O4. The standard InChI is InChI=1S/C26H22Cl2O4.C2H6/c1-31-25(29)11-16-2-4-17(5-3-16)15-32-23-6-7-24-19(13-23)12-20(26(24)30)8-18-9-21(27)14-22(28)10-18;1-2/h2-10,13-14,26,30H,11-12,15H2,1H3;1-2H3/b20-8+;. The molecule has 0 radical (unpaired) electrons. The third-order valence-corrected chi connectivity index (χ3v) is 5.83. The van der Waals surface area contributed by atoms with E-state index in [1.54, 1.807) is 6.07 Å². The second-order valence-electron chi connectivity index (χ2n) is 7.72. The Morgan fingerprint density at radius 1 is 1.00 bits per heavy atom. The van der Waals surface area contributed by atoms with E-state index < -0.39 is 6.10 Å². The molecule has 0 heterocycles. The summed E-state index contributed by atoms with van der Waals surface area (Å²) in [5, 5.41) is 11.9. The lowest BCUT2D eigenvalue weighted by Crippen LogP contribution is -2.04. The molecule has 0 amide bonds. The Bertz CT molecular complexity index is 1150. The summed E-state index contributed by atoms with van der Waals surface area (Å²) in [6.45, 7) is 4.41. The van der Waals surface area contributed by atoms with Crippen LogP contribution in [0.4, 0.5) is 0 Å². The molecular weight excluding hydrogens is 471 g/mol. The fourth-order valence-corrected chi connectivity index (χ4v) is 4.31. The monoisotopic (exact) mass is 498 g/mol. The normalized spacial score (nSPS) is 15.4. The molecule has 178 valence electrons. The van der Waals surface area contributed by atoms with Crippen molar-refractivity contribution in [2.75, 3.05) is 7.11 Å². The third kappa shape index (κ3) is 6.63. The van der Waals surface area contributed by atoms with Crippen LogP contribution in [0.2, 0.25) is 10.0 Å². The molecule has 1 aliphatic carbocycles. The van der Waals surface area contributed by atoms with Crippen LogP contribution < -0.4 is 4.74 Å². The van der Waals surface area contributed by atoms with Crippen LogP contribution in [0, 0.1) is 0 Å². The van der Waals surface area contributed by atoms with Crippen molar-refractivity contribution in [2.45, 2.75) is 39.4 Å². The Labute approximate surface area is 210 Å². The van der Waals surface area contributed by atoms with E-state index in [0.29, 0.717) is 23.1 Å². The van der Waals surface area contributed by atoms with Crippen molar-refractivity contribution in [3.63, 3.8) is 0 Å². The van der Waals surface area contributed by atoms with E-state index in [4.69, 9.17) is 27.9 Å². The summed E-state index contributed by atoms with van der Waals surface area (Å²) < 4.78 is 10.6. The van der Waals surface area contributed by atoms with Gasteiger partial charge in [0.25, 0.3) is 0 Å². The molecule has 1 unspecified atom stereocenters. The van der Waals surface area contributed by atoms with Gasteiger partial charge in [-0.25, -0.2) is 0 Å². The predicted molar refractivity (Wildman–Crippen MR) is 137 cm³/mol. The van der Waals surface area contributed by atoms with Crippen LogP contribution >= 0.6 is 23.2 Å². The predicted octanol–water partition coefficient (Wildman–Crippen LogP) is 6.99.